The van der Waals surface area contributed by atoms with Crippen molar-refractivity contribution in [1.82, 2.24) is 0 Å². The monoisotopic (exact) mass is 636 g/mol. The molecule has 0 aromatic rings. The summed E-state index contributed by atoms with van der Waals surface area (Å²) in [5.41, 5.74) is 0. The van der Waals surface area contributed by atoms with Crippen molar-refractivity contribution in [2.45, 2.75) is 18.1 Å². The van der Waals surface area contributed by atoms with Gasteiger partial charge in [-0.05, 0) is 0 Å². The Kier molecular flexibility index (Phi) is 31.5. The molecule has 0 aromatic heterocycles. The Bertz CT molecular complexity index is 216. The second kappa shape index (κ2) is 20.0. The molecule has 0 fully saturated rings. The first-order valence-electron chi connectivity index (χ1n) is 4.81. The van der Waals surface area contributed by atoms with Crippen LogP contribution in [0.5, 0.6) is 0 Å². The van der Waals surface area contributed by atoms with Gasteiger partial charge in [-0.25, -0.2) is 0 Å². The van der Waals surface area contributed by atoms with Crippen molar-refractivity contribution in [2.24, 2.45) is 0 Å². The van der Waals surface area contributed by atoms with Gasteiger partial charge in [0.2, 0.25) is 0 Å². The van der Waals surface area contributed by atoms with E-state index in [1.165, 1.54) is 0 Å². The topological polar surface area (TPSA) is 92.2 Å². The van der Waals surface area contributed by atoms with Gasteiger partial charge in [-0.15, -0.1) is 139 Å². The third-order valence-electron chi connectivity index (χ3n) is 0.622. The fourth-order valence-corrected chi connectivity index (χ4v) is 0. The van der Waals surface area contributed by atoms with Crippen molar-refractivity contribution < 1.29 is 42.1 Å². The summed E-state index contributed by atoms with van der Waals surface area (Å²) in [7, 11) is 0. The summed E-state index contributed by atoms with van der Waals surface area (Å²) >= 11 is 58.0. The van der Waals surface area contributed by atoms with E-state index >= 15 is 0 Å². The number of rotatable bonds is 4. The van der Waals surface area contributed by atoms with Crippen LogP contribution >= 0.6 is 139 Å². The van der Waals surface area contributed by atoms with Crippen LogP contribution in [0.3, 0.4) is 0 Å². The van der Waals surface area contributed by atoms with Crippen LogP contribution in [0.2, 0.25) is 0 Å². The van der Waals surface area contributed by atoms with Gasteiger partial charge in [0.25, 0.3) is 0 Å². The fourth-order valence-electron chi connectivity index (χ4n) is 0. The Balaban J connectivity index is -0.0000000702. The Morgan fingerprint density at radius 2 is 0.440 bits per heavy atom. The average Bonchev–Trinajstić information content (AvgIpc) is 2.37. The van der Waals surface area contributed by atoms with E-state index in [-0.39, 0.29) is 45.2 Å². The Morgan fingerprint density at radius 3 is 0.440 bits per heavy atom. The molecule has 0 aliphatic carbocycles. The number of hydrogen-bond acceptors (Lipinski definition) is 4. The van der Waals surface area contributed by atoms with E-state index in [0.29, 0.717) is 0 Å². The molecule has 0 saturated heterocycles. The average molecular weight is 641 g/mol. The van der Waals surface area contributed by atoms with E-state index in [0.717, 1.165) is 0 Å². The first kappa shape index (κ1) is 39.5. The predicted octanol–water partition coefficient (Wildman–Crippen LogP) is 2.87. The summed E-state index contributed by atoms with van der Waals surface area (Å²) in [5, 5.41) is 39.5. The number of alkyl halides is 12. The van der Waals surface area contributed by atoms with Gasteiger partial charge in [0, 0.05) is 23.5 Å². The quantitative estimate of drug-likeness (QED) is 0.349. The Morgan fingerprint density at radius 1 is 0.400 bits per heavy atom. The van der Waals surface area contributed by atoms with Gasteiger partial charge in [-0.1, -0.05) is 0 Å². The number of hydrogen-bond donors (Lipinski definition) is 0. The van der Waals surface area contributed by atoms with Crippen molar-refractivity contribution in [3.8, 4) is 0 Å². The minimum atomic E-state index is -2.00. The first-order valence-corrected chi connectivity index (χ1v) is 9.97. The maximum Gasteiger partial charge on any atom is 4.00 e. The molecule has 4 nitrogen and oxygen atoms in total. The van der Waals surface area contributed by atoms with Crippen LogP contribution in [-0.2, 0) is 21.7 Å². The van der Waals surface area contributed by atoms with Gasteiger partial charge >= 0.3 is 21.7 Å². The van der Waals surface area contributed by atoms with Crippen LogP contribution in [0.1, 0.15) is 0 Å². The van der Waals surface area contributed by atoms with Gasteiger partial charge in [-0.2, -0.15) is 0 Å². The number of halogens is 12. The molecule has 0 bridgehead atoms. The Hall–Kier alpha value is 4.03. The van der Waals surface area contributed by atoms with Crippen molar-refractivity contribution in [2.75, 3.05) is 23.5 Å². The summed E-state index contributed by atoms with van der Waals surface area (Å²) in [6, 6.07) is 0. The molecule has 0 saturated carbocycles. The SMILES string of the molecule is [O-]C(Cl)(Cl)CCl.[O-]C(Cl)(Cl)CCl.[O-]C(Cl)(Cl)CCl.[O-]C(Cl)(Cl)CCl.[Ti+4]. The molecule has 0 aliphatic rings. The predicted molar refractivity (Wildman–Crippen MR) is 101 cm³/mol. The van der Waals surface area contributed by atoms with E-state index in [2.05, 4.69) is 0 Å². The maximum absolute atomic E-state index is 9.87. The summed E-state index contributed by atoms with van der Waals surface area (Å²) in [5.74, 6) is -1.13. The van der Waals surface area contributed by atoms with Crippen LogP contribution < -0.4 is 20.4 Å². The van der Waals surface area contributed by atoms with Gasteiger partial charge < -0.3 is 20.4 Å². The van der Waals surface area contributed by atoms with Gasteiger partial charge in [0.15, 0.2) is 0 Å². The smallest absolute Gasteiger partial charge is 0.825 e. The zero-order valence-electron chi connectivity index (χ0n) is 11.5. The summed E-state index contributed by atoms with van der Waals surface area (Å²) in [4.78, 5) is 0. The summed E-state index contributed by atoms with van der Waals surface area (Å²) in [6.45, 7) is 0. The molecule has 0 spiro atoms. The normalized spacial score (nSPS) is 11.5. The molecule has 0 aliphatic heterocycles. The minimum Gasteiger partial charge on any atom is -0.825 e. The zero-order valence-corrected chi connectivity index (χ0v) is 22.1. The van der Waals surface area contributed by atoms with E-state index in [9.17, 15) is 20.4 Å². The maximum atomic E-state index is 9.87. The summed E-state index contributed by atoms with van der Waals surface area (Å²) < 4.78 is -7.99. The molecule has 152 valence electrons. The zero-order chi connectivity index (χ0) is 20.8. The molecule has 25 heavy (non-hydrogen) atoms. The van der Waals surface area contributed by atoms with Crippen molar-refractivity contribution in [1.29, 1.82) is 0 Å². The van der Waals surface area contributed by atoms with E-state index in [1.54, 1.807) is 0 Å². The second-order valence-electron chi connectivity index (χ2n) is 3.08. The summed E-state index contributed by atoms with van der Waals surface area (Å²) in [6.07, 6.45) is 0. The van der Waals surface area contributed by atoms with E-state index < -0.39 is 18.1 Å². The molecule has 17 heteroatoms. The third kappa shape index (κ3) is 73.9. The van der Waals surface area contributed by atoms with Crippen molar-refractivity contribution >= 4 is 139 Å². The molecule has 0 unspecified atom stereocenters. The molecule has 0 rings (SSSR count). The third-order valence-corrected chi connectivity index (χ3v) is 4.29. The second-order valence-corrected chi connectivity index (χ2v) is 9.81. The van der Waals surface area contributed by atoms with Crippen molar-refractivity contribution in [3.63, 3.8) is 0 Å². The molecule has 0 heterocycles. The molecule has 0 atom stereocenters. The fraction of sp³-hybridized carbons (Fsp3) is 1.00. The molecule has 0 N–H and O–H groups in total. The first-order chi connectivity index (χ1) is 10.2. The van der Waals surface area contributed by atoms with Crippen LogP contribution in [0.4, 0.5) is 0 Å². The standard InChI is InChI=1S/4C2H2Cl3O.Ti/c4*3-1-2(4,5)6;/h4*1H2;/q4*-1;+4. The van der Waals surface area contributed by atoms with E-state index in [1.807, 2.05) is 0 Å². The minimum absolute atomic E-state index is 0. The van der Waals surface area contributed by atoms with Crippen LogP contribution in [-0.4, -0.2) is 41.6 Å². The van der Waals surface area contributed by atoms with Gasteiger partial charge in [0.05, 0.1) is 18.1 Å². The van der Waals surface area contributed by atoms with Gasteiger partial charge in [-0.3, -0.25) is 0 Å². The molecule has 0 amide bonds. The largest absolute Gasteiger partial charge is 4.00 e. The molecular weight excluding hydrogens is 633 g/mol. The molecular formula is C8H8Cl12O4Ti. The molecule has 0 radical (unpaired) electrons. The Labute approximate surface area is 220 Å². The van der Waals surface area contributed by atoms with E-state index in [4.69, 9.17) is 139 Å². The van der Waals surface area contributed by atoms with Crippen LogP contribution in [0.15, 0.2) is 0 Å². The van der Waals surface area contributed by atoms with Crippen LogP contribution in [0.25, 0.3) is 0 Å². The molecule has 0 aromatic carbocycles. The van der Waals surface area contributed by atoms with Crippen LogP contribution in [0, 0.1) is 0 Å². The van der Waals surface area contributed by atoms with Crippen molar-refractivity contribution in [3.05, 3.63) is 0 Å². The van der Waals surface area contributed by atoms with Gasteiger partial charge in [0.1, 0.15) is 0 Å².